The summed E-state index contributed by atoms with van der Waals surface area (Å²) >= 11 is 1.49. The minimum atomic E-state index is -3.79. The molecule has 0 aliphatic carbocycles. The third-order valence-electron chi connectivity index (χ3n) is 4.68. The predicted molar refractivity (Wildman–Crippen MR) is 111 cm³/mol. The van der Waals surface area contributed by atoms with Crippen LogP contribution in [-0.4, -0.2) is 46.8 Å². The zero-order valence-corrected chi connectivity index (χ0v) is 17.5. The van der Waals surface area contributed by atoms with Gasteiger partial charge in [-0.05, 0) is 43.2 Å². The van der Waals surface area contributed by atoms with Crippen LogP contribution in [0, 0.1) is 0 Å². The van der Waals surface area contributed by atoms with Crippen LogP contribution in [0.1, 0.15) is 23.3 Å². The van der Waals surface area contributed by atoms with Crippen molar-refractivity contribution in [3.8, 4) is 0 Å². The number of nitrogens with zero attached hydrogens (tertiary/aromatic N) is 3. The highest BCUT2D eigenvalue weighted by Gasteiger charge is 2.23. The molecule has 0 bridgehead atoms. The molecule has 1 aliphatic heterocycles. The number of hydrogen-bond acceptors (Lipinski definition) is 5. The van der Waals surface area contributed by atoms with Gasteiger partial charge in [0.1, 0.15) is 10.6 Å². The highest BCUT2D eigenvalue weighted by molar-refractivity contribution is 7.99. The molecular weight excluding hydrogens is 410 g/mol. The first-order valence-corrected chi connectivity index (χ1v) is 11.5. The molecule has 1 aromatic carbocycles. The van der Waals surface area contributed by atoms with Crippen molar-refractivity contribution >= 4 is 33.4 Å². The zero-order valence-electron chi connectivity index (χ0n) is 15.8. The third-order valence-corrected chi connectivity index (χ3v) is 7.13. The Bertz CT molecular complexity index is 1110. The van der Waals surface area contributed by atoms with Crippen LogP contribution in [0.25, 0.3) is 0 Å². The van der Waals surface area contributed by atoms with Crippen LogP contribution in [0.15, 0.2) is 63.9 Å². The molecule has 1 saturated heterocycles. The predicted octanol–water partition coefficient (Wildman–Crippen LogP) is 2.94. The van der Waals surface area contributed by atoms with Crippen molar-refractivity contribution in [1.82, 2.24) is 19.4 Å². The number of hydrogen-bond donors (Lipinski definition) is 2. The number of H-pyrrole nitrogens is 1. The maximum Gasteiger partial charge on any atom is 0.270 e. The second-order valence-electron chi connectivity index (χ2n) is 6.80. The van der Waals surface area contributed by atoms with Crippen LogP contribution < -0.4 is 4.72 Å². The summed E-state index contributed by atoms with van der Waals surface area (Å²) in [5.41, 5.74) is 0.733. The summed E-state index contributed by atoms with van der Waals surface area (Å²) < 4.78 is 29.8. The normalized spacial score (nSPS) is 14.3. The van der Waals surface area contributed by atoms with Crippen molar-refractivity contribution in [3.05, 3.63) is 54.6 Å². The lowest BCUT2D eigenvalue weighted by Gasteiger charge is -2.13. The average Bonchev–Trinajstić information content (AvgIpc) is 3.45. The molecule has 3 heterocycles. The topological polar surface area (TPSA) is 100 Å². The lowest BCUT2D eigenvalue weighted by molar-refractivity contribution is 0.0787. The van der Waals surface area contributed by atoms with Crippen LogP contribution in [0.4, 0.5) is 5.69 Å². The molecule has 1 aliphatic rings. The van der Waals surface area contributed by atoms with Gasteiger partial charge in [0.05, 0.1) is 0 Å². The second kappa shape index (κ2) is 7.96. The molecule has 152 valence electrons. The molecule has 1 amide bonds. The lowest BCUT2D eigenvalue weighted by atomic mass is 10.3. The molecule has 0 unspecified atom stereocenters. The SMILES string of the molecule is Cn1ccnc1Sc1ccc(NS(=O)(=O)c2c[nH]c(C(=O)N3CCCC3)c2)cc1. The largest absolute Gasteiger partial charge is 0.356 e. The van der Waals surface area contributed by atoms with Crippen molar-refractivity contribution in [1.29, 1.82) is 0 Å². The standard InChI is InChI=1S/C19H21N5O3S2/c1-23-11-8-20-19(23)28-15-6-4-14(5-7-15)22-29(26,27)16-12-17(21-13-16)18(25)24-9-2-3-10-24/h4-8,11-13,21-22H,2-3,9-10H2,1H3. The molecule has 0 saturated carbocycles. The van der Waals surface area contributed by atoms with Gasteiger partial charge in [-0.1, -0.05) is 11.8 Å². The molecular formula is C19H21N5O3S2. The van der Waals surface area contributed by atoms with Gasteiger partial charge in [0.25, 0.3) is 15.9 Å². The van der Waals surface area contributed by atoms with Gasteiger partial charge in [0.15, 0.2) is 5.16 Å². The number of carbonyl (C=O) groups excluding carboxylic acids is 1. The first-order chi connectivity index (χ1) is 13.9. The molecule has 0 spiro atoms. The Labute approximate surface area is 173 Å². The van der Waals surface area contributed by atoms with E-state index in [9.17, 15) is 13.2 Å². The van der Waals surface area contributed by atoms with Crippen LogP contribution >= 0.6 is 11.8 Å². The number of carbonyl (C=O) groups is 1. The van der Waals surface area contributed by atoms with Crippen LogP contribution in [-0.2, 0) is 17.1 Å². The van der Waals surface area contributed by atoms with E-state index >= 15 is 0 Å². The summed E-state index contributed by atoms with van der Waals surface area (Å²) in [5, 5.41) is 0.848. The van der Waals surface area contributed by atoms with Crippen molar-refractivity contribution in [3.63, 3.8) is 0 Å². The number of benzene rings is 1. The fourth-order valence-corrected chi connectivity index (χ4v) is 4.96. The number of nitrogens with one attached hydrogen (secondary N) is 2. The van der Waals surface area contributed by atoms with Gasteiger partial charge in [-0.15, -0.1) is 0 Å². The minimum Gasteiger partial charge on any atom is -0.356 e. The van der Waals surface area contributed by atoms with E-state index in [2.05, 4.69) is 14.7 Å². The number of anilines is 1. The minimum absolute atomic E-state index is 0.0338. The smallest absolute Gasteiger partial charge is 0.270 e. The Morgan fingerprint density at radius 3 is 2.59 bits per heavy atom. The summed E-state index contributed by atoms with van der Waals surface area (Å²) in [6.07, 6.45) is 6.90. The van der Waals surface area contributed by atoms with E-state index in [4.69, 9.17) is 0 Å². The number of imidazole rings is 1. The van der Waals surface area contributed by atoms with Gasteiger partial charge in [0.2, 0.25) is 0 Å². The van der Waals surface area contributed by atoms with E-state index in [0.29, 0.717) is 18.8 Å². The molecule has 4 rings (SSSR count). The van der Waals surface area contributed by atoms with E-state index in [-0.39, 0.29) is 16.5 Å². The maximum atomic E-state index is 12.7. The van der Waals surface area contributed by atoms with Gasteiger partial charge in [-0.25, -0.2) is 13.4 Å². The summed E-state index contributed by atoms with van der Waals surface area (Å²) in [5.74, 6) is -0.167. The Morgan fingerprint density at radius 1 is 1.21 bits per heavy atom. The fraction of sp³-hybridized carbons (Fsp3) is 0.263. The number of rotatable bonds is 6. The number of sulfonamides is 1. The van der Waals surface area contributed by atoms with Crippen LogP contribution in [0.2, 0.25) is 0 Å². The first-order valence-electron chi connectivity index (χ1n) is 9.18. The Kier molecular flexibility index (Phi) is 5.37. The van der Waals surface area contributed by atoms with E-state index in [0.717, 1.165) is 22.9 Å². The molecule has 2 aromatic heterocycles. The van der Waals surface area contributed by atoms with Crippen molar-refractivity contribution in [2.75, 3.05) is 17.8 Å². The number of likely N-dealkylation sites (tertiary alicyclic amines) is 1. The van der Waals surface area contributed by atoms with Gasteiger partial charge in [-0.2, -0.15) is 0 Å². The van der Waals surface area contributed by atoms with Gasteiger partial charge in [-0.3, -0.25) is 9.52 Å². The van der Waals surface area contributed by atoms with Crippen molar-refractivity contribution in [2.45, 2.75) is 27.8 Å². The fourth-order valence-electron chi connectivity index (χ4n) is 3.10. The molecule has 0 radical (unpaired) electrons. The van der Waals surface area contributed by atoms with Crippen LogP contribution in [0.3, 0.4) is 0 Å². The van der Waals surface area contributed by atoms with E-state index < -0.39 is 10.0 Å². The van der Waals surface area contributed by atoms with Gasteiger partial charge in [0, 0.05) is 49.3 Å². The third kappa shape index (κ3) is 4.33. The van der Waals surface area contributed by atoms with E-state index in [1.165, 1.54) is 24.0 Å². The number of amides is 1. The maximum absolute atomic E-state index is 12.7. The molecule has 2 N–H and O–H groups in total. The Hall–Kier alpha value is -2.72. The quantitative estimate of drug-likeness (QED) is 0.625. The number of aromatic nitrogens is 3. The van der Waals surface area contributed by atoms with Crippen LogP contribution in [0.5, 0.6) is 0 Å². The van der Waals surface area contributed by atoms with Crippen molar-refractivity contribution < 1.29 is 13.2 Å². The summed E-state index contributed by atoms with van der Waals surface area (Å²) in [6, 6.07) is 8.44. The molecule has 10 heteroatoms. The van der Waals surface area contributed by atoms with Crippen molar-refractivity contribution in [2.24, 2.45) is 7.05 Å². The summed E-state index contributed by atoms with van der Waals surface area (Å²) in [6.45, 7) is 1.42. The monoisotopic (exact) mass is 431 g/mol. The van der Waals surface area contributed by atoms with Gasteiger partial charge >= 0.3 is 0 Å². The Balaban J connectivity index is 1.44. The summed E-state index contributed by atoms with van der Waals surface area (Å²) in [4.78, 5) is 22.2. The Morgan fingerprint density at radius 2 is 1.93 bits per heavy atom. The highest BCUT2D eigenvalue weighted by Crippen LogP contribution is 2.27. The van der Waals surface area contributed by atoms with Gasteiger partial charge < -0.3 is 14.5 Å². The highest BCUT2D eigenvalue weighted by atomic mass is 32.2. The molecule has 3 aromatic rings. The molecule has 8 nitrogen and oxygen atoms in total. The second-order valence-corrected chi connectivity index (χ2v) is 9.52. The lowest BCUT2D eigenvalue weighted by Crippen LogP contribution is -2.27. The average molecular weight is 432 g/mol. The van der Waals surface area contributed by atoms with E-state index in [1.54, 1.807) is 23.2 Å². The number of aryl methyl sites for hydroxylation is 1. The van der Waals surface area contributed by atoms with E-state index in [1.807, 2.05) is 29.9 Å². The number of aromatic amines is 1. The summed E-state index contributed by atoms with van der Waals surface area (Å²) in [7, 11) is -1.88. The molecule has 1 fully saturated rings. The zero-order chi connectivity index (χ0) is 20.4. The molecule has 29 heavy (non-hydrogen) atoms. The molecule has 0 atom stereocenters. The first kappa shape index (κ1) is 19.6.